The molecule has 0 amide bonds. The summed E-state index contributed by atoms with van der Waals surface area (Å²) in [5.74, 6) is 0.775. The zero-order chi connectivity index (χ0) is 14.9. The van der Waals surface area contributed by atoms with E-state index in [9.17, 15) is 0 Å². The second kappa shape index (κ2) is 9.26. The molecule has 3 unspecified atom stereocenters. The highest BCUT2D eigenvalue weighted by Crippen LogP contribution is 2.31. The van der Waals surface area contributed by atoms with Gasteiger partial charge in [-0.15, -0.1) is 0 Å². The number of furan rings is 1. The van der Waals surface area contributed by atoms with E-state index in [1.807, 2.05) is 6.26 Å². The molecule has 1 aromatic heterocycles. The van der Waals surface area contributed by atoms with Crippen molar-refractivity contribution in [1.82, 2.24) is 10.6 Å². The molecule has 21 heavy (non-hydrogen) atoms. The molecule has 1 heterocycles. The van der Waals surface area contributed by atoms with Gasteiger partial charge in [-0.05, 0) is 50.8 Å². The minimum Gasteiger partial charge on any atom is -0.472 e. The van der Waals surface area contributed by atoms with Gasteiger partial charge in [0.1, 0.15) is 0 Å². The van der Waals surface area contributed by atoms with Crippen LogP contribution in [0.1, 0.15) is 70.4 Å². The molecule has 120 valence electrons. The van der Waals surface area contributed by atoms with Gasteiger partial charge in [-0.25, -0.2) is 0 Å². The monoisotopic (exact) mass is 292 g/mol. The zero-order valence-corrected chi connectivity index (χ0v) is 13.7. The Labute approximate surface area is 129 Å². The predicted octanol–water partition coefficient (Wildman–Crippen LogP) is 4.27. The Morgan fingerprint density at radius 1 is 1.24 bits per heavy atom. The summed E-state index contributed by atoms with van der Waals surface area (Å²) in [4.78, 5) is 0. The molecule has 1 saturated carbocycles. The lowest BCUT2D eigenvalue weighted by Gasteiger charge is -2.30. The van der Waals surface area contributed by atoms with E-state index >= 15 is 0 Å². The lowest BCUT2D eigenvalue weighted by atomic mass is 9.86. The van der Waals surface area contributed by atoms with Crippen molar-refractivity contribution in [3.05, 3.63) is 24.2 Å². The summed E-state index contributed by atoms with van der Waals surface area (Å²) in [6.45, 7) is 6.62. The zero-order valence-electron chi connectivity index (χ0n) is 13.7. The lowest BCUT2D eigenvalue weighted by molar-refractivity contribution is 0.285. The molecule has 1 aliphatic rings. The molecule has 1 aliphatic carbocycles. The van der Waals surface area contributed by atoms with Crippen molar-refractivity contribution in [3.63, 3.8) is 0 Å². The maximum absolute atomic E-state index is 5.31. The topological polar surface area (TPSA) is 37.2 Å². The molecule has 1 fully saturated rings. The molecular formula is C18H32N2O. The summed E-state index contributed by atoms with van der Waals surface area (Å²) in [7, 11) is 0. The van der Waals surface area contributed by atoms with E-state index < -0.39 is 0 Å². The number of hydrogen-bond acceptors (Lipinski definition) is 3. The molecule has 3 heteroatoms. The smallest absolute Gasteiger partial charge is 0.0950 e. The molecule has 3 atom stereocenters. The first-order valence-electron chi connectivity index (χ1n) is 8.84. The van der Waals surface area contributed by atoms with Crippen molar-refractivity contribution in [1.29, 1.82) is 0 Å². The largest absolute Gasteiger partial charge is 0.472 e. The maximum Gasteiger partial charge on any atom is 0.0950 e. The normalized spacial score (nSPS) is 24.7. The Morgan fingerprint density at radius 2 is 2.10 bits per heavy atom. The Bertz CT molecular complexity index is 363. The van der Waals surface area contributed by atoms with E-state index in [-0.39, 0.29) is 0 Å². The average Bonchev–Trinajstić information content (AvgIpc) is 2.94. The molecule has 3 nitrogen and oxygen atoms in total. The summed E-state index contributed by atoms with van der Waals surface area (Å²) in [6.07, 6.45) is 13.0. The van der Waals surface area contributed by atoms with Gasteiger partial charge >= 0.3 is 0 Å². The number of nitrogens with one attached hydrogen (secondary N) is 2. The number of hydrogen-bond donors (Lipinski definition) is 2. The van der Waals surface area contributed by atoms with Crippen LogP contribution in [-0.4, -0.2) is 19.1 Å². The van der Waals surface area contributed by atoms with Gasteiger partial charge in [0.2, 0.25) is 0 Å². The van der Waals surface area contributed by atoms with Crippen LogP contribution in [0.5, 0.6) is 0 Å². The molecule has 0 radical (unpaired) electrons. The molecule has 0 spiro atoms. The Morgan fingerprint density at radius 3 is 2.81 bits per heavy atom. The van der Waals surface area contributed by atoms with Gasteiger partial charge in [0.15, 0.2) is 0 Å². The van der Waals surface area contributed by atoms with E-state index in [4.69, 9.17) is 4.42 Å². The highest BCUT2D eigenvalue weighted by atomic mass is 16.3. The van der Waals surface area contributed by atoms with Crippen molar-refractivity contribution in [3.8, 4) is 0 Å². The van der Waals surface area contributed by atoms with Crippen molar-refractivity contribution >= 4 is 0 Å². The van der Waals surface area contributed by atoms with Crippen molar-refractivity contribution in [2.75, 3.05) is 13.1 Å². The molecule has 0 saturated heterocycles. The second-order valence-corrected chi connectivity index (χ2v) is 6.36. The fourth-order valence-corrected chi connectivity index (χ4v) is 3.63. The van der Waals surface area contributed by atoms with E-state index in [0.29, 0.717) is 12.1 Å². The predicted molar refractivity (Wildman–Crippen MR) is 88.4 cm³/mol. The van der Waals surface area contributed by atoms with Gasteiger partial charge in [0.05, 0.1) is 12.5 Å². The van der Waals surface area contributed by atoms with Crippen LogP contribution >= 0.6 is 0 Å². The molecular weight excluding hydrogens is 260 g/mol. The van der Waals surface area contributed by atoms with E-state index in [1.165, 1.54) is 50.5 Å². The minimum atomic E-state index is 0.438. The van der Waals surface area contributed by atoms with Crippen molar-refractivity contribution in [2.24, 2.45) is 5.92 Å². The molecule has 0 aromatic carbocycles. The van der Waals surface area contributed by atoms with E-state index in [0.717, 1.165) is 19.0 Å². The maximum atomic E-state index is 5.31. The highest BCUT2D eigenvalue weighted by Gasteiger charge is 2.26. The second-order valence-electron chi connectivity index (χ2n) is 6.36. The van der Waals surface area contributed by atoms with Crippen LogP contribution < -0.4 is 10.6 Å². The van der Waals surface area contributed by atoms with Crippen LogP contribution in [0.3, 0.4) is 0 Å². The third-order valence-corrected chi connectivity index (χ3v) is 4.75. The molecule has 2 rings (SSSR count). The van der Waals surface area contributed by atoms with Crippen LogP contribution in [0.4, 0.5) is 0 Å². The van der Waals surface area contributed by atoms with Gasteiger partial charge in [-0.1, -0.05) is 33.1 Å². The summed E-state index contributed by atoms with van der Waals surface area (Å²) in [5.41, 5.74) is 1.31. The van der Waals surface area contributed by atoms with Crippen LogP contribution in [0, 0.1) is 5.92 Å². The first-order chi connectivity index (χ1) is 10.3. The summed E-state index contributed by atoms with van der Waals surface area (Å²) in [6, 6.07) is 3.25. The summed E-state index contributed by atoms with van der Waals surface area (Å²) in [5, 5.41) is 7.44. The van der Waals surface area contributed by atoms with Crippen molar-refractivity contribution in [2.45, 2.75) is 70.9 Å². The van der Waals surface area contributed by atoms with Gasteiger partial charge < -0.3 is 15.1 Å². The Balaban J connectivity index is 2.01. The van der Waals surface area contributed by atoms with Crippen molar-refractivity contribution < 1.29 is 4.42 Å². The summed E-state index contributed by atoms with van der Waals surface area (Å²) < 4.78 is 5.31. The van der Waals surface area contributed by atoms with Gasteiger partial charge in [0.25, 0.3) is 0 Å². The van der Waals surface area contributed by atoms with Crippen LogP contribution in [0.25, 0.3) is 0 Å². The van der Waals surface area contributed by atoms with E-state index in [2.05, 4.69) is 30.5 Å². The molecule has 1 aromatic rings. The van der Waals surface area contributed by atoms with Gasteiger partial charge in [-0.2, -0.15) is 0 Å². The SMILES string of the molecule is CCCNC(CC1CCCCCC1NCC)c1ccoc1. The number of rotatable bonds is 8. The quantitative estimate of drug-likeness (QED) is 0.703. The third kappa shape index (κ3) is 5.15. The Hall–Kier alpha value is -0.800. The highest BCUT2D eigenvalue weighted by molar-refractivity contribution is 5.12. The molecule has 2 N–H and O–H groups in total. The third-order valence-electron chi connectivity index (χ3n) is 4.75. The van der Waals surface area contributed by atoms with E-state index in [1.54, 1.807) is 6.26 Å². The minimum absolute atomic E-state index is 0.438. The standard InChI is InChI=1S/C18H32N2O/c1-3-11-20-18(16-10-12-21-14-16)13-15-8-6-5-7-9-17(15)19-4-2/h10,12,14-15,17-20H,3-9,11,13H2,1-2H3. The molecule has 0 bridgehead atoms. The molecule has 0 aliphatic heterocycles. The Kier molecular flexibility index (Phi) is 7.31. The summed E-state index contributed by atoms with van der Waals surface area (Å²) >= 11 is 0. The fourth-order valence-electron chi connectivity index (χ4n) is 3.63. The first-order valence-corrected chi connectivity index (χ1v) is 8.84. The average molecular weight is 292 g/mol. The first kappa shape index (κ1) is 16.6. The lowest BCUT2D eigenvalue weighted by Crippen LogP contribution is -2.37. The van der Waals surface area contributed by atoms with Crippen LogP contribution in [0.15, 0.2) is 23.0 Å². The van der Waals surface area contributed by atoms with Gasteiger partial charge in [-0.3, -0.25) is 0 Å². The van der Waals surface area contributed by atoms with Crippen LogP contribution in [-0.2, 0) is 0 Å². The van der Waals surface area contributed by atoms with Crippen LogP contribution in [0.2, 0.25) is 0 Å². The van der Waals surface area contributed by atoms with Gasteiger partial charge in [0, 0.05) is 17.6 Å². The fraction of sp³-hybridized carbons (Fsp3) is 0.778.